The molecule has 1 aliphatic carbocycles. The second-order valence-electron chi connectivity index (χ2n) is 7.40. The van der Waals surface area contributed by atoms with Crippen LogP contribution in [-0.2, 0) is 24.0 Å². The minimum atomic E-state index is -1.93. The average molecular weight is 396 g/mol. The lowest BCUT2D eigenvalue weighted by atomic mass is 9.86. The minimum Gasteiger partial charge on any atom is -0.353 e. The highest BCUT2D eigenvalue weighted by molar-refractivity contribution is 6.01. The number of unbranched alkanes of at least 4 members (excludes halogenated alkanes) is 2. The SMILES string of the molecule is C/C1=C\CCCCCC1(F)C(=O)NCCCCCC(=O)ON1C(=O)CCC1=O. The van der Waals surface area contributed by atoms with Gasteiger partial charge in [0.2, 0.25) is 5.67 Å². The van der Waals surface area contributed by atoms with E-state index < -0.39 is 29.4 Å². The first-order valence-electron chi connectivity index (χ1n) is 10.1. The zero-order valence-corrected chi connectivity index (χ0v) is 16.4. The first-order valence-corrected chi connectivity index (χ1v) is 10.1. The molecule has 0 aromatic carbocycles. The van der Waals surface area contributed by atoms with E-state index in [1.807, 2.05) is 6.08 Å². The summed E-state index contributed by atoms with van der Waals surface area (Å²) in [5.74, 6) is -2.22. The molecule has 2 aliphatic rings. The average Bonchev–Trinajstić information content (AvgIpc) is 2.97. The van der Waals surface area contributed by atoms with Crippen LogP contribution in [0.5, 0.6) is 0 Å². The Morgan fingerprint density at radius 2 is 1.86 bits per heavy atom. The Labute approximate surface area is 164 Å². The Kier molecular flexibility index (Phi) is 8.14. The van der Waals surface area contributed by atoms with Crippen molar-refractivity contribution in [1.29, 1.82) is 0 Å². The number of carbonyl (C=O) groups excluding carboxylic acids is 4. The molecule has 1 fully saturated rings. The van der Waals surface area contributed by atoms with Crippen LogP contribution in [-0.4, -0.2) is 41.0 Å². The second kappa shape index (κ2) is 10.3. The monoisotopic (exact) mass is 396 g/mol. The van der Waals surface area contributed by atoms with E-state index in [9.17, 15) is 19.2 Å². The van der Waals surface area contributed by atoms with E-state index in [0.29, 0.717) is 42.9 Å². The predicted molar refractivity (Wildman–Crippen MR) is 99.3 cm³/mol. The normalized spacial score (nSPS) is 24.9. The third kappa shape index (κ3) is 5.87. The lowest BCUT2D eigenvalue weighted by Gasteiger charge is -2.27. The van der Waals surface area contributed by atoms with Crippen molar-refractivity contribution >= 4 is 23.7 Å². The summed E-state index contributed by atoms with van der Waals surface area (Å²) in [5, 5.41) is 3.20. The van der Waals surface area contributed by atoms with Gasteiger partial charge in [0, 0.05) is 25.8 Å². The largest absolute Gasteiger partial charge is 0.353 e. The van der Waals surface area contributed by atoms with E-state index >= 15 is 4.39 Å². The number of hydrogen-bond donors (Lipinski definition) is 1. The summed E-state index contributed by atoms with van der Waals surface area (Å²) >= 11 is 0. The zero-order chi connectivity index (χ0) is 20.6. The van der Waals surface area contributed by atoms with Crippen LogP contribution in [0.15, 0.2) is 11.6 Å². The number of imide groups is 1. The quantitative estimate of drug-likeness (QED) is 0.387. The molecule has 1 heterocycles. The second-order valence-corrected chi connectivity index (χ2v) is 7.40. The Morgan fingerprint density at radius 3 is 2.57 bits per heavy atom. The number of carbonyl (C=O) groups is 4. The molecule has 1 N–H and O–H groups in total. The summed E-state index contributed by atoms with van der Waals surface area (Å²) in [5.41, 5.74) is -1.45. The maximum atomic E-state index is 15.1. The molecule has 1 atom stereocenters. The molecule has 2 rings (SSSR count). The van der Waals surface area contributed by atoms with Gasteiger partial charge in [0.1, 0.15) is 0 Å². The van der Waals surface area contributed by atoms with Crippen LogP contribution < -0.4 is 5.32 Å². The maximum Gasteiger partial charge on any atom is 0.333 e. The van der Waals surface area contributed by atoms with Crippen LogP contribution in [0.3, 0.4) is 0 Å². The van der Waals surface area contributed by atoms with E-state index in [0.717, 1.165) is 19.3 Å². The number of amides is 3. The van der Waals surface area contributed by atoms with Gasteiger partial charge in [-0.05, 0) is 51.0 Å². The van der Waals surface area contributed by atoms with Gasteiger partial charge in [0.05, 0.1) is 0 Å². The Balaban J connectivity index is 1.63. The molecule has 0 aromatic heterocycles. The molecule has 0 bridgehead atoms. The third-order valence-corrected chi connectivity index (χ3v) is 5.20. The van der Waals surface area contributed by atoms with Gasteiger partial charge in [-0.15, -0.1) is 5.06 Å². The van der Waals surface area contributed by atoms with E-state index in [-0.39, 0.29) is 25.7 Å². The Bertz CT molecular complexity index is 633. The third-order valence-electron chi connectivity index (χ3n) is 5.20. The summed E-state index contributed by atoms with van der Waals surface area (Å²) in [6, 6.07) is 0. The van der Waals surface area contributed by atoms with Crippen LogP contribution >= 0.6 is 0 Å². The van der Waals surface area contributed by atoms with Crippen molar-refractivity contribution in [3.05, 3.63) is 11.6 Å². The number of allylic oxidation sites excluding steroid dienone is 1. The van der Waals surface area contributed by atoms with Crippen LogP contribution in [0, 0.1) is 0 Å². The smallest absolute Gasteiger partial charge is 0.333 e. The lowest BCUT2D eigenvalue weighted by molar-refractivity contribution is -0.197. The molecule has 3 amide bonds. The van der Waals surface area contributed by atoms with Gasteiger partial charge < -0.3 is 10.2 Å². The number of nitrogens with zero attached hydrogens (tertiary/aromatic N) is 1. The molecule has 28 heavy (non-hydrogen) atoms. The molecular weight excluding hydrogens is 367 g/mol. The van der Waals surface area contributed by atoms with Crippen LogP contribution in [0.4, 0.5) is 4.39 Å². The van der Waals surface area contributed by atoms with Crippen LogP contribution in [0.25, 0.3) is 0 Å². The van der Waals surface area contributed by atoms with Gasteiger partial charge >= 0.3 is 5.97 Å². The van der Waals surface area contributed by atoms with Gasteiger partial charge in [-0.25, -0.2) is 9.18 Å². The first-order chi connectivity index (χ1) is 13.3. The van der Waals surface area contributed by atoms with Crippen LogP contribution in [0.1, 0.15) is 77.6 Å². The summed E-state index contributed by atoms with van der Waals surface area (Å²) in [4.78, 5) is 51.5. The van der Waals surface area contributed by atoms with Gasteiger partial charge in [0.15, 0.2) is 0 Å². The van der Waals surface area contributed by atoms with Crippen molar-refractivity contribution in [2.75, 3.05) is 6.54 Å². The Morgan fingerprint density at radius 1 is 1.14 bits per heavy atom. The fourth-order valence-electron chi connectivity index (χ4n) is 3.38. The topological polar surface area (TPSA) is 92.8 Å². The highest BCUT2D eigenvalue weighted by atomic mass is 19.1. The van der Waals surface area contributed by atoms with Gasteiger partial charge in [-0.3, -0.25) is 14.4 Å². The molecule has 8 heteroatoms. The number of nitrogens with one attached hydrogen (secondary N) is 1. The summed E-state index contributed by atoms with van der Waals surface area (Å²) in [7, 11) is 0. The molecular formula is C20H29FN2O5. The molecule has 0 spiro atoms. The van der Waals surface area contributed by atoms with Crippen molar-refractivity contribution in [2.45, 2.75) is 83.2 Å². The standard InChI is InChI=1S/C20H29FN2O5/c1-15-9-5-2-3-7-13-20(15,21)19(27)22-14-8-4-6-10-18(26)28-23-16(24)11-12-17(23)25/h9H,2-8,10-14H2,1H3,(H,22,27)/b15-9+. The molecule has 7 nitrogen and oxygen atoms in total. The molecule has 0 radical (unpaired) electrons. The number of hydrogen-bond acceptors (Lipinski definition) is 5. The van der Waals surface area contributed by atoms with E-state index in [2.05, 4.69) is 5.32 Å². The molecule has 1 saturated heterocycles. The summed E-state index contributed by atoms with van der Waals surface area (Å²) in [6.45, 7) is 2.00. The summed E-state index contributed by atoms with van der Waals surface area (Å²) in [6.07, 6.45) is 7.39. The summed E-state index contributed by atoms with van der Waals surface area (Å²) < 4.78 is 15.1. The minimum absolute atomic E-state index is 0.0660. The Hall–Kier alpha value is -2.25. The van der Waals surface area contributed by atoms with Crippen molar-refractivity contribution in [2.24, 2.45) is 0 Å². The molecule has 0 aromatic rings. The van der Waals surface area contributed by atoms with E-state index in [1.54, 1.807) is 6.92 Å². The number of rotatable bonds is 8. The van der Waals surface area contributed by atoms with Gasteiger partial charge in [-0.1, -0.05) is 18.9 Å². The van der Waals surface area contributed by atoms with Crippen LogP contribution in [0.2, 0.25) is 0 Å². The van der Waals surface area contributed by atoms with Gasteiger partial charge in [-0.2, -0.15) is 0 Å². The molecule has 1 unspecified atom stereocenters. The highest BCUT2D eigenvalue weighted by Gasteiger charge is 2.39. The fourth-order valence-corrected chi connectivity index (χ4v) is 3.38. The van der Waals surface area contributed by atoms with Crippen molar-refractivity contribution < 1.29 is 28.4 Å². The number of alkyl halides is 1. The van der Waals surface area contributed by atoms with Crippen molar-refractivity contribution in [3.8, 4) is 0 Å². The fraction of sp³-hybridized carbons (Fsp3) is 0.700. The van der Waals surface area contributed by atoms with E-state index in [1.165, 1.54) is 0 Å². The van der Waals surface area contributed by atoms with Gasteiger partial charge in [0.25, 0.3) is 17.7 Å². The zero-order valence-electron chi connectivity index (χ0n) is 16.4. The number of hydroxylamine groups is 2. The predicted octanol–water partition coefficient (Wildman–Crippen LogP) is 2.89. The first kappa shape index (κ1) is 22.0. The number of halogens is 1. The van der Waals surface area contributed by atoms with E-state index in [4.69, 9.17) is 4.84 Å². The van der Waals surface area contributed by atoms with Crippen molar-refractivity contribution in [1.82, 2.24) is 10.4 Å². The molecule has 0 saturated carbocycles. The lowest BCUT2D eigenvalue weighted by Crippen LogP contribution is -2.45. The molecule has 1 aliphatic heterocycles. The van der Waals surface area contributed by atoms with Crippen molar-refractivity contribution in [3.63, 3.8) is 0 Å². The maximum absolute atomic E-state index is 15.1. The highest BCUT2D eigenvalue weighted by Crippen LogP contribution is 2.31. The molecule has 156 valence electrons.